The molecule has 0 saturated carbocycles. The second-order valence-corrected chi connectivity index (χ2v) is 5.19. The van der Waals surface area contributed by atoms with Crippen LogP contribution in [0.5, 0.6) is 11.5 Å². The summed E-state index contributed by atoms with van der Waals surface area (Å²) >= 11 is 6.01. The van der Waals surface area contributed by atoms with E-state index in [2.05, 4.69) is 5.32 Å². The highest BCUT2D eigenvalue weighted by molar-refractivity contribution is 6.32. The zero-order valence-corrected chi connectivity index (χ0v) is 13.5. The van der Waals surface area contributed by atoms with E-state index in [9.17, 15) is 9.59 Å². The molecule has 0 fully saturated rings. The third kappa shape index (κ3) is 4.47. The molecule has 0 aliphatic heterocycles. The number of rotatable bonds is 6. The smallest absolute Gasteiger partial charge is 0.265 e. The van der Waals surface area contributed by atoms with Crippen LogP contribution in [0.3, 0.4) is 0 Å². The number of benzene rings is 2. The molecule has 1 unspecified atom stereocenters. The Labute approximate surface area is 139 Å². The molecule has 23 heavy (non-hydrogen) atoms. The fourth-order valence-electron chi connectivity index (χ4n) is 1.87. The maximum absolute atomic E-state index is 12.1. The molecule has 1 N–H and O–H groups in total. The van der Waals surface area contributed by atoms with Crippen LogP contribution in [0.25, 0.3) is 0 Å². The van der Waals surface area contributed by atoms with Crippen LogP contribution < -0.4 is 14.8 Å². The molecule has 0 spiro atoms. The van der Waals surface area contributed by atoms with E-state index in [0.717, 1.165) is 6.29 Å². The van der Waals surface area contributed by atoms with Crippen LogP contribution in [0.1, 0.15) is 17.3 Å². The van der Waals surface area contributed by atoms with Crippen molar-refractivity contribution in [3.63, 3.8) is 0 Å². The van der Waals surface area contributed by atoms with Crippen molar-refractivity contribution in [1.29, 1.82) is 0 Å². The van der Waals surface area contributed by atoms with Gasteiger partial charge in [0, 0.05) is 11.3 Å². The van der Waals surface area contributed by atoms with Gasteiger partial charge in [-0.1, -0.05) is 11.6 Å². The number of halogens is 1. The number of anilines is 1. The lowest BCUT2D eigenvalue weighted by molar-refractivity contribution is -0.122. The largest absolute Gasteiger partial charge is 0.495 e. The van der Waals surface area contributed by atoms with Crippen molar-refractivity contribution in [2.45, 2.75) is 13.0 Å². The van der Waals surface area contributed by atoms with E-state index >= 15 is 0 Å². The number of carbonyl (C=O) groups is 2. The Bertz CT molecular complexity index is 700. The summed E-state index contributed by atoms with van der Waals surface area (Å²) in [6, 6.07) is 11.5. The topological polar surface area (TPSA) is 64.6 Å². The van der Waals surface area contributed by atoms with Crippen LogP contribution in [0.2, 0.25) is 5.02 Å². The maximum atomic E-state index is 12.1. The average molecular weight is 334 g/mol. The molecular weight excluding hydrogens is 318 g/mol. The number of nitrogens with one attached hydrogen (secondary N) is 1. The second kappa shape index (κ2) is 7.65. The quantitative estimate of drug-likeness (QED) is 0.821. The minimum atomic E-state index is -0.710. The normalized spacial score (nSPS) is 11.4. The number of hydrogen-bond donors (Lipinski definition) is 1. The molecule has 0 bridgehead atoms. The van der Waals surface area contributed by atoms with Gasteiger partial charge in [-0.2, -0.15) is 0 Å². The Morgan fingerprint density at radius 3 is 2.48 bits per heavy atom. The van der Waals surface area contributed by atoms with Crippen molar-refractivity contribution >= 4 is 29.5 Å². The summed E-state index contributed by atoms with van der Waals surface area (Å²) in [6.07, 6.45) is 0.0332. The van der Waals surface area contributed by atoms with E-state index < -0.39 is 6.10 Å². The molecular formula is C17H16ClNO4. The lowest BCUT2D eigenvalue weighted by atomic mass is 10.2. The lowest BCUT2D eigenvalue weighted by Gasteiger charge is -2.15. The van der Waals surface area contributed by atoms with Crippen molar-refractivity contribution in [2.24, 2.45) is 0 Å². The van der Waals surface area contributed by atoms with Gasteiger partial charge in [0.2, 0.25) is 0 Å². The van der Waals surface area contributed by atoms with E-state index in [1.807, 2.05) is 0 Å². The van der Waals surface area contributed by atoms with Crippen molar-refractivity contribution in [3.05, 3.63) is 53.1 Å². The van der Waals surface area contributed by atoms with Gasteiger partial charge in [-0.05, 0) is 49.4 Å². The van der Waals surface area contributed by atoms with Crippen molar-refractivity contribution < 1.29 is 19.1 Å². The fourth-order valence-corrected chi connectivity index (χ4v) is 2.13. The van der Waals surface area contributed by atoms with E-state index in [4.69, 9.17) is 21.1 Å². The maximum Gasteiger partial charge on any atom is 0.265 e. The molecule has 2 rings (SSSR count). The number of methoxy groups -OCH3 is 1. The highest BCUT2D eigenvalue weighted by Crippen LogP contribution is 2.27. The SMILES string of the molecule is COc1ccc(NC(=O)C(C)Oc2ccc(C=O)cc2)cc1Cl. The van der Waals surface area contributed by atoms with Gasteiger partial charge in [0.1, 0.15) is 17.8 Å². The number of carbonyl (C=O) groups excluding carboxylic acids is 2. The van der Waals surface area contributed by atoms with Gasteiger partial charge in [0.05, 0.1) is 12.1 Å². The number of hydrogen-bond acceptors (Lipinski definition) is 4. The van der Waals surface area contributed by atoms with Crippen LogP contribution in [-0.4, -0.2) is 25.4 Å². The molecule has 120 valence electrons. The molecule has 0 radical (unpaired) electrons. The minimum Gasteiger partial charge on any atom is -0.495 e. The van der Waals surface area contributed by atoms with E-state index in [1.54, 1.807) is 49.4 Å². The van der Waals surface area contributed by atoms with Crippen LogP contribution >= 0.6 is 11.6 Å². The molecule has 2 aromatic carbocycles. The first-order chi connectivity index (χ1) is 11.0. The average Bonchev–Trinajstić information content (AvgIpc) is 2.55. The van der Waals surface area contributed by atoms with Crippen molar-refractivity contribution in [3.8, 4) is 11.5 Å². The zero-order valence-electron chi connectivity index (χ0n) is 12.7. The van der Waals surface area contributed by atoms with Gasteiger partial charge in [0.25, 0.3) is 5.91 Å². The summed E-state index contributed by atoms with van der Waals surface area (Å²) in [5.41, 5.74) is 1.09. The number of amides is 1. The molecule has 5 nitrogen and oxygen atoms in total. The van der Waals surface area contributed by atoms with Crippen molar-refractivity contribution in [1.82, 2.24) is 0 Å². The second-order valence-electron chi connectivity index (χ2n) is 4.79. The van der Waals surface area contributed by atoms with Gasteiger partial charge in [-0.25, -0.2) is 0 Å². The molecule has 0 heterocycles. The summed E-state index contributed by atoms with van der Waals surface area (Å²) in [4.78, 5) is 22.7. The highest BCUT2D eigenvalue weighted by atomic mass is 35.5. The first kappa shape index (κ1) is 16.8. The molecule has 6 heteroatoms. The molecule has 2 aromatic rings. The summed E-state index contributed by atoms with van der Waals surface area (Å²) < 4.78 is 10.6. The standard InChI is InChI=1S/C17H16ClNO4/c1-11(23-14-6-3-12(10-20)4-7-14)17(21)19-13-5-8-16(22-2)15(18)9-13/h3-11H,1-2H3,(H,19,21). The molecule has 0 aliphatic carbocycles. The highest BCUT2D eigenvalue weighted by Gasteiger charge is 2.15. The van der Waals surface area contributed by atoms with Crippen LogP contribution in [0.4, 0.5) is 5.69 Å². The third-order valence-corrected chi connectivity index (χ3v) is 3.41. The summed E-state index contributed by atoms with van der Waals surface area (Å²) in [7, 11) is 1.52. The van der Waals surface area contributed by atoms with Crippen LogP contribution in [0, 0.1) is 0 Å². The Hall–Kier alpha value is -2.53. The van der Waals surface area contributed by atoms with Crippen LogP contribution in [-0.2, 0) is 4.79 Å². The van der Waals surface area contributed by atoms with E-state index in [-0.39, 0.29) is 5.91 Å². The zero-order chi connectivity index (χ0) is 16.8. The van der Waals surface area contributed by atoms with E-state index in [0.29, 0.717) is 27.8 Å². The summed E-state index contributed by atoms with van der Waals surface area (Å²) in [5.74, 6) is 0.723. The van der Waals surface area contributed by atoms with Gasteiger partial charge in [0.15, 0.2) is 6.10 Å². The predicted octanol–water partition coefficient (Wildman–Crippen LogP) is 3.57. The fraction of sp³-hybridized carbons (Fsp3) is 0.176. The minimum absolute atomic E-state index is 0.314. The van der Waals surface area contributed by atoms with Gasteiger partial charge >= 0.3 is 0 Å². The number of ether oxygens (including phenoxy) is 2. The number of aldehydes is 1. The third-order valence-electron chi connectivity index (χ3n) is 3.12. The molecule has 0 aromatic heterocycles. The van der Waals surface area contributed by atoms with Gasteiger partial charge in [-0.15, -0.1) is 0 Å². The molecule has 0 aliphatic rings. The Kier molecular flexibility index (Phi) is 5.60. The Morgan fingerprint density at radius 1 is 1.22 bits per heavy atom. The molecule has 1 amide bonds. The Balaban J connectivity index is 1.98. The summed E-state index contributed by atoms with van der Waals surface area (Å²) in [5, 5.41) is 3.12. The first-order valence-corrected chi connectivity index (χ1v) is 7.27. The molecule has 0 saturated heterocycles. The summed E-state index contributed by atoms with van der Waals surface area (Å²) in [6.45, 7) is 1.63. The van der Waals surface area contributed by atoms with Gasteiger partial charge < -0.3 is 14.8 Å². The predicted molar refractivity (Wildman–Crippen MR) is 88.6 cm³/mol. The van der Waals surface area contributed by atoms with Gasteiger partial charge in [-0.3, -0.25) is 9.59 Å². The van der Waals surface area contributed by atoms with Crippen molar-refractivity contribution in [2.75, 3.05) is 12.4 Å². The monoisotopic (exact) mass is 333 g/mol. The molecule has 1 atom stereocenters. The lowest BCUT2D eigenvalue weighted by Crippen LogP contribution is -2.30. The van der Waals surface area contributed by atoms with E-state index in [1.165, 1.54) is 7.11 Å². The first-order valence-electron chi connectivity index (χ1n) is 6.90. The van der Waals surface area contributed by atoms with Crippen LogP contribution in [0.15, 0.2) is 42.5 Å². The Morgan fingerprint density at radius 2 is 1.91 bits per heavy atom.